The van der Waals surface area contributed by atoms with E-state index >= 15 is 0 Å². The van der Waals surface area contributed by atoms with E-state index in [-0.39, 0.29) is 0 Å². The van der Waals surface area contributed by atoms with E-state index in [0.717, 1.165) is 21.6 Å². The van der Waals surface area contributed by atoms with Crippen molar-refractivity contribution in [3.05, 3.63) is 40.0 Å². The van der Waals surface area contributed by atoms with Gasteiger partial charge in [0.2, 0.25) is 0 Å². The van der Waals surface area contributed by atoms with Gasteiger partial charge in [-0.15, -0.1) is 0 Å². The summed E-state index contributed by atoms with van der Waals surface area (Å²) >= 11 is 5.33. The Morgan fingerprint density at radius 1 is 1.39 bits per heavy atom. The molecule has 0 saturated heterocycles. The zero-order valence-electron chi connectivity index (χ0n) is 10.5. The topological polar surface area (TPSA) is 43.8 Å². The highest BCUT2D eigenvalue weighted by Gasteiger charge is 2.07. The quantitative estimate of drug-likeness (QED) is 0.939. The van der Waals surface area contributed by atoms with Crippen LogP contribution in [0.2, 0.25) is 0 Å². The fourth-order valence-corrected chi connectivity index (χ4v) is 3.33. The summed E-state index contributed by atoms with van der Waals surface area (Å²) in [7, 11) is 1.96. The third kappa shape index (κ3) is 3.16. The van der Waals surface area contributed by atoms with Gasteiger partial charge < -0.3 is 5.73 Å². The van der Waals surface area contributed by atoms with E-state index in [1.165, 1.54) is 10.5 Å². The Morgan fingerprint density at radius 3 is 2.72 bits per heavy atom. The molecule has 1 heterocycles. The Balaban J connectivity index is 2.21. The molecular weight excluding hydrogens is 310 g/mol. The molecule has 0 bridgehead atoms. The monoisotopic (exact) mass is 325 g/mol. The van der Waals surface area contributed by atoms with Gasteiger partial charge >= 0.3 is 0 Å². The van der Waals surface area contributed by atoms with Gasteiger partial charge in [-0.1, -0.05) is 17.8 Å². The van der Waals surface area contributed by atoms with Crippen molar-refractivity contribution in [2.45, 2.75) is 23.3 Å². The predicted octanol–water partition coefficient (Wildman–Crippen LogP) is 3.14. The number of rotatable bonds is 4. The molecule has 2 aromatic rings. The molecule has 18 heavy (non-hydrogen) atoms. The summed E-state index contributed by atoms with van der Waals surface area (Å²) in [5.74, 6) is 0. The van der Waals surface area contributed by atoms with Gasteiger partial charge in [0, 0.05) is 16.4 Å². The molecule has 0 aliphatic carbocycles. The normalized spacial score (nSPS) is 10.9. The van der Waals surface area contributed by atoms with Gasteiger partial charge in [-0.3, -0.25) is 4.68 Å². The molecule has 0 fully saturated rings. The smallest absolute Gasteiger partial charge is 0.0987 e. The minimum atomic E-state index is 0.680. The van der Waals surface area contributed by atoms with Crippen LogP contribution < -0.4 is 5.73 Å². The maximum atomic E-state index is 5.56. The minimum Gasteiger partial charge on any atom is -0.330 e. The highest BCUT2D eigenvalue weighted by molar-refractivity contribution is 9.10. The van der Waals surface area contributed by atoms with Crippen molar-refractivity contribution >= 4 is 27.7 Å². The van der Waals surface area contributed by atoms with Gasteiger partial charge in [0.15, 0.2) is 0 Å². The van der Waals surface area contributed by atoms with Crippen molar-refractivity contribution in [1.82, 2.24) is 9.78 Å². The van der Waals surface area contributed by atoms with Crippen LogP contribution in [-0.2, 0) is 13.5 Å². The van der Waals surface area contributed by atoms with Crippen molar-refractivity contribution in [3.8, 4) is 0 Å². The van der Waals surface area contributed by atoms with E-state index in [0.29, 0.717) is 6.54 Å². The highest BCUT2D eigenvalue weighted by Crippen LogP contribution is 2.34. The van der Waals surface area contributed by atoms with Crippen LogP contribution in [0, 0.1) is 6.92 Å². The van der Waals surface area contributed by atoms with Gasteiger partial charge in [-0.05, 0) is 59.6 Å². The first-order chi connectivity index (χ1) is 8.60. The van der Waals surface area contributed by atoms with Crippen molar-refractivity contribution in [1.29, 1.82) is 0 Å². The number of nitrogens with two attached hydrogens (primary N) is 1. The molecule has 0 atom stereocenters. The molecule has 0 unspecified atom stereocenters. The van der Waals surface area contributed by atoms with E-state index in [1.54, 1.807) is 11.8 Å². The number of benzene rings is 1. The van der Waals surface area contributed by atoms with Gasteiger partial charge in [-0.2, -0.15) is 5.10 Å². The summed E-state index contributed by atoms with van der Waals surface area (Å²) in [5, 5.41) is 5.49. The number of hydrogen-bond donors (Lipinski definition) is 1. The Labute approximate surface area is 120 Å². The Morgan fingerprint density at radius 2 is 2.17 bits per heavy atom. The molecule has 0 aliphatic rings. The fraction of sp³-hybridized carbons (Fsp3) is 0.308. The van der Waals surface area contributed by atoms with Crippen molar-refractivity contribution in [2.24, 2.45) is 12.8 Å². The number of aryl methyl sites for hydroxylation is 2. The lowest BCUT2D eigenvalue weighted by molar-refractivity contribution is 0.692. The first-order valence-electron chi connectivity index (χ1n) is 5.77. The van der Waals surface area contributed by atoms with Crippen LogP contribution in [0.15, 0.2) is 38.7 Å². The molecule has 2 rings (SSSR count). The van der Waals surface area contributed by atoms with E-state index in [1.807, 2.05) is 18.7 Å². The molecule has 0 amide bonds. The summed E-state index contributed by atoms with van der Waals surface area (Å²) < 4.78 is 3.01. The molecule has 2 N–H and O–H groups in total. The minimum absolute atomic E-state index is 0.680. The lowest BCUT2D eigenvalue weighted by atomic mass is 10.2. The van der Waals surface area contributed by atoms with Crippen molar-refractivity contribution < 1.29 is 0 Å². The second kappa shape index (κ2) is 5.91. The standard InChI is InChI=1S/C13H16BrN3S/c1-9-7-13(17(2)16-9)18-12-4-3-10(5-6-15)8-11(12)14/h3-4,7-8H,5-6,15H2,1-2H3. The molecule has 3 nitrogen and oxygen atoms in total. The van der Waals surface area contributed by atoms with Crippen LogP contribution in [0.5, 0.6) is 0 Å². The average molecular weight is 326 g/mol. The van der Waals surface area contributed by atoms with E-state index in [2.05, 4.69) is 45.3 Å². The number of hydrogen-bond acceptors (Lipinski definition) is 3. The first-order valence-corrected chi connectivity index (χ1v) is 7.38. The van der Waals surface area contributed by atoms with Crippen LogP contribution in [0.1, 0.15) is 11.3 Å². The van der Waals surface area contributed by atoms with Crippen molar-refractivity contribution in [2.75, 3.05) is 6.54 Å². The first kappa shape index (κ1) is 13.6. The Hall–Kier alpha value is -0.780. The molecular formula is C13H16BrN3S. The van der Waals surface area contributed by atoms with Crippen LogP contribution in [0.25, 0.3) is 0 Å². The molecule has 1 aromatic carbocycles. The maximum absolute atomic E-state index is 5.56. The molecule has 0 spiro atoms. The summed E-state index contributed by atoms with van der Waals surface area (Å²) in [5.41, 5.74) is 7.86. The number of aromatic nitrogens is 2. The Kier molecular flexibility index (Phi) is 4.48. The summed E-state index contributed by atoms with van der Waals surface area (Å²) in [6.07, 6.45) is 0.911. The average Bonchev–Trinajstić information content (AvgIpc) is 2.62. The van der Waals surface area contributed by atoms with Crippen LogP contribution >= 0.6 is 27.7 Å². The molecule has 0 saturated carbocycles. The maximum Gasteiger partial charge on any atom is 0.0987 e. The molecule has 96 valence electrons. The van der Waals surface area contributed by atoms with Crippen LogP contribution in [-0.4, -0.2) is 16.3 Å². The third-order valence-corrected chi connectivity index (χ3v) is 4.69. The van der Waals surface area contributed by atoms with E-state index in [9.17, 15) is 0 Å². The predicted molar refractivity (Wildman–Crippen MR) is 79.0 cm³/mol. The number of halogens is 1. The summed E-state index contributed by atoms with van der Waals surface area (Å²) in [6.45, 7) is 2.68. The lowest BCUT2D eigenvalue weighted by Crippen LogP contribution is -2.02. The van der Waals surface area contributed by atoms with Crippen LogP contribution in [0.4, 0.5) is 0 Å². The van der Waals surface area contributed by atoms with Gasteiger partial charge in [0.1, 0.15) is 0 Å². The zero-order chi connectivity index (χ0) is 13.1. The molecule has 0 radical (unpaired) electrons. The lowest BCUT2D eigenvalue weighted by Gasteiger charge is -2.06. The second-order valence-electron chi connectivity index (χ2n) is 4.15. The second-order valence-corrected chi connectivity index (χ2v) is 6.07. The van der Waals surface area contributed by atoms with Gasteiger partial charge in [0.25, 0.3) is 0 Å². The largest absolute Gasteiger partial charge is 0.330 e. The van der Waals surface area contributed by atoms with Gasteiger partial charge in [0.05, 0.1) is 10.7 Å². The van der Waals surface area contributed by atoms with E-state index < -0.39 is 0 Å². The van der Waals surface area contributed by atoms with Crippen LogP contribution in [0.3, 0.4) is 0 Å². The number of nitrogens with zero attached hydrogens (tertiary/aromatic N) is 2. The molecule has 1 aromatic heterocycles. The SMILES string of the molecule is Cc1cc(Sc2ccc(CCN)cc2Br)n(C)n1. The fourth-order valence-electron chi connectivity index (χ4n) is 1.74. The highest BCUT2D eigenvalue weighted by atomic mass is 79.9. The Bertz CT molecular complexity index is 551. The van der Waals surface area contributed by atoms with Gasteiger partial charge in [-0.25, -0.2) is 0 Å². The van der Waals surface area contributed by atoms with Crippen molar-refractivity contribution in [3.63, 3.8) is 0 Å². The summed E-state index contributed by atoms with van der Waals surface area (Å²) in [6, 6.07) is 8.48. The molecule has 5 heteroatoms. The molecule has 0 aliphatic heterocycles. The van der Waals surface area contributed by atoms with E-state index in [4.69, 9.17) is 5.73 Å². The summed E-state index contributed by atoms with van der Waals surface area (Å²) in [4.78, 5) is 1.19. The zero-order valence-corrected chi connectivity index (χ0v) is 12.9. The third-order valence-electron chi connectivity index (χ3n) is 2.60.